The lowest BCUT2D eigenvalue weighted by molar-refractivity contribution is -0.138. The highest BCUT2D eigenvalue weighted by Crippen LogP contribution is 2.16. The highest BCUT2D eigenvalue weighted by atomic mass is 32.1. The first-order chi connectivity index (χ1) is 10.9. The summed E-state index contributed by atoms with van der Waals surface area (Å²) in [5.41, 5.74) is 0.499. The van der Waals surface area contributed by atoms with Crippen LogP contribution in [-0.4, -0.2) is 33.8 Å². The van der Waals surface area contributed by atoms with Crippen molar-refractivity contribution in [3.05, 3.63) is 47.5 Å². The lowest BCUT2D eigenvalue weighted by Crippen LogP contribution is -2.49. The van der Waals surface area contributed by atoms with Crippen molar-refractivity contribution in [1.29, 1.82) is 0 Å². The Bertz CT molecular complexity index is 648. The van der Waals surface area contributed by atoms with E-state index in [0.29, 0.717) is 5.13 Å². The predicted octanol–water partition coefficient (Wildman–Crippen LogP) is 2.95. The molecule has 1 aromatic carbocycles. The van der Waals surface area contributed by atoms with E-state index in [4.69, 9.17) is 0 Å². The van der Waals surface area contributed by atoms with Gasteiger partial charge in [0.1, 0.15) is 6.54 Å². The van der Waals surface area contributed by atoms with Crippen LogP contribution in [0.5, 0.6) is 0 Å². The van der Waals surface area contributed by atoms with Crippen LogP contribution in [0.2, 0.25) is 0 Å². The number of carbonyl (C=O) groups is 2. The molecule has 2 amide bonds. The Hall–Kier alpha value is -2.21. The van der Waals surface area contributed by atoms with Crippen molar-refractivity contribution in [1.82, 2.24) is 9.88 Å². The minimum absolute atomic E-state index is 0.00868. The number of aromatic nitrogens is 1. The predicted molar refractivity (Wildman–Crippen MR) is 92.4 cm³/mol. The van der Waals surface area contributed by atoms with Crippen LogP contribution in [0.1, 0.15) is 26.3 Å². The molecule has 122 valence electrons. The average Bonchev–Trinajstić information content (AvgIpc) is 2.97. The molecule has 1 heterocycles. The summed E-state index contributed by atoms with van der Waals surface area (Å²) in [5, 5.41) is 5.05. The third-order valence-electron chi connectivity index (χ3n) is 3.29. The first-order valence-corrected chi connectivity index (χ1v) is 8.28. The molecule has 1 aromatic heterocycles. The van der Waals surface area contributed by atoms with Crippen molar-refractivity contribution >= 4 is 28.3 Å². The molecule has 0 aliphatic carbocycles. The zero-order valence-corrected chi connectivity index (χ0v) is 14.4. The SMILES string of the molecule is CC(C)(C)N(CC(=O)Nc1nccs1)C(=O)Cc1ccccc1. The summed E-state index contributed by atoms with van der Waals surface area (Å²) in [6.45, 7) is 5.78. The Morgan fingerprint density at radius 2 is 1.91 bits per heavy atom. The minimum atomic E-state index is -0.438. The Morgan fingerprint density at radius 1 is 1.22 bits per heavy atom. The fraction of sp³-hybridized carbons (Fsp3) is 0.353. The minimum Gasteiger partial charge on any atom is -0.328 e. The van der Waals surface area contributed by atoms with Crippen LogP contribution in [0.15, 0.2) is 41.9 Å². The molecule has 0 atom stereocenters. The van der Waals surface area contributed by atoms with Gasteiger partial charge in [-0.15, -0.1) is 11.3 Å². The fourth-order valence-electron chi connectivity index (χ4n) is 2.15. The summed E-state index contributed by atoms with van der Waals surface area (Å²) in [4.78, 5) is 30.4. The van der Waals surface area contributed by atoms with E-state index in [0.717, 1.165) is 5.56 Å². The molecule has 0 unspecified atom stereocenters. The molecule has 0 aliphatic rings. The van der Waals surface area contributed by atoms with Gasteiger partial charge in [-0.25, -0.2) is 4.98 Å². The zero-order chi connectivity index (χ0) is 16.9. The molecule has 0 saturated carbocycles. The molecule has 0 saturated heterocycles. The Balaban J connectivity index is 2.04. The van der Waals surface area contributed by atoms with Crippen molar-refractivity contribution in [3.8, 4) is 0 Å². The number of amides is 2. The number of hydrogen-bond donors (Lipinski definition) is 1. The number of carbonyl (C=O) groups excluding carboxylic acids is 2. The van der Waals surface area contributed by atoms with Gasteiger partial charge in [-0.2, -0.15) is 0 Å². The monoisotopic (exact) mass is 331 g/mol. The molecule has 5 nitrogen and oxygen atoms in total. The second-order valence-electron chi connectivity index (χ2n) is 6.20. The normalized spacial score (nSPS) is 11.1. The average molecular weight is 331 g/mol. The van der Waals surface area contributed by atoms with Gasteiger partial charge in [0.05, 0.1) is 6.42 Å². The van der Waals surface area contributed by atoms with Crippen LogP contribution in [0.4, 0.5) is 5.13 Å². The molecule has 2 rings (SSSR count). The van der Waals surface area contributed by atoms with Crippen LogP contribution in [0.3, 0.4) is 0 Å². The number of nitrogens with one attached hydrogen (secondary N) is 1. The van der Waals surface area contributed by atoms with Gasteiger partial charge in [0.15, 0.2) is 5.13 Å². The van der Waals surface area contributed by atoms with Gasteiger partial charge in [0.25, 0.3) is 0 Å². The van der Waals surface area contributed by atoms with Crippen molar-refractivity contribution in [2.24, 2.45) is 0 Å². The summed E-state index contributed by atoms with van der Waals surface area (Å²) in [6.07, 6.45) is 1.91. The summed E-state index contributed by atoms with van der Waals surface area (Å²) in [5.74, 6) is -0.311. The van der Waals surface area contributed by atoms with Crippen molar-refractivity contribution in [3.63, 3.8) is 0 Å². The summed E-state index contributed by atoms with van der Waals surface area (Å²) in [7, 11) is 0. The number of rotatable bonds is 5. The van der Waals surface area contributed by atoms with E-state index in [1.807, 2.05) is 51.1 Å². The van der Waals surface area contributed by atoms with E-state index < -0.39 is 5.54 Å². The van der Waals surface area contributed by atoms with Crippen LogP contribution >= 0.6 is 11.3 Å². The molecule has 0 spiro atoms. The second kappa shape index (κ2) is 7.37. The van der Waals surface area contributed by atoms with E-state index in [9.17, 15) is 9.59 Å². The maximum atomic E-state index is 12.6. The van der Waals surface area contributed by atoms with E-state index in [-0.39, 0.29) is 24.8 Å². The molecular formula is C17H21N3O2S. The summed E-state index contributed by atoms with van der Waals surface area (Å²) < 4.78 is 0. The second-order valence-corrected chi connectivity index (χ2v) is 7.09. The van der Waals surface area contributed by atoms with Crippen LogP contribution in [0.25, 0.3) is 0 Å². The van der Waals surface area contributed by atoms with Gasteiger partial charge in [0.2, 0.25) is 11.8 Å². The molecule has 2 aromatic rings. The molecule has 0 aliphatic heterocycles. The van der Waals surface area contributed by atoms with Crippen LogP contribution < -0.4 is 5.32 Å². The smallest absolute Gasteiger partial charge is 0.245 e. The third-order valence-corrected chi connectivity index (χ3v) is 3.98. The molecule has 6 heteroatoms. The van der Waals surface area contributed by atoms with Gasteiger partial charge in [0, 0.05) is 17.1 Å². The standard InChI is InChI=1S/C17H21N3O2S/c1-17(2,3)20(12-14(21)19-16-18-9-10-23-16)15(22)11-13-7-5-4-6-8-13/h4-10H,11-12H2,1-3H3,(H,18,19,21). The number of hydrogen-bond acceptors (Lipinski definition) is 4. The molecule has 0 radical (unpaired) electrons. The highest BCUT2D eigenvalue weighted by molar-refractivity contribution is 7.13. The molecular weight excluding hydrogens is 310 g/mol. The first kappa shape index (κ1) is 17.1. The van der Waals surface area contributed by atoms with E-state index in [2.05, 4.69) is 10.3 Å². The first-order valence-electron chi connectivity index (χ1n) is 7.40. The maximum absolute atomic E-state index is 12.6. The van der Waals surface area contributed by atoms with Gasteiger partial charge in [-0.05, 0) is 26.3 Å². The zero-order valence-electron chi connectivity index (χ0n) is 13.6. The van der Waals surface area contributed by atoms with E-state index in [1.165, 1.54) is 11.3 Å². The van der Waals surface area contributed by atoms with Gasteiger partial charge in [-0.3, -0.25) is 9.59 Å². The fourth-order valence-corrected chi connectivity index (χ4v) is 2.70. The van der Waals surface area contributed by atoms with Gasteiger partial charge in [-0.1, -0.05) is 30.3 Å². The maximum Gasteiger partial charge on any atom is 0.245 e. The Morgan fingerprint density at radius 3 is 2.48 bits per heavy atom. The molecule has 0 fully saturated rings. The quantitative estimate of drug-likeness (QED) is 0.916. The molecule has 0 bridgehead atoms. The molecule has 23 heavy (non-hydrogen) atoms. The summed E-state index contributed by atoms with van der Waals surface area (Å²) >= 11 is 1.35. The number of thiazole rings is 1. The lowest BCUT2D eigenvalue weighted by Gasteiger charge is -2.35. The van der Waals surface area contributed by atoms with Crippen LogP contribution in [-0.2, 0) is 16.0 Å². The summed E-state index contributed by atoms with van der Waals surface area (Å²) in [6, 6.07) is 9.54. The topological polar surface area (TPSA) is 62.3 Å². The van der Waals surface area contributed by atoms with Gasteiger partial charge >= 0.3 is 0 Å². The number of nitrogens with zero attached hydrogens (tertiary/aromatic N) is 2. The van der Waals surface area contributed by atoms with Crippen molar-refractivity contribution in [2.45, 2.75) is 32.7 Å². The van der Waals surface area contributed by atoms with Crippen molar-refractivity contribution in [2.75, 3.05) is 11.9 Å². The lowest BCUT2D eigenvalue weighted by atomic mass is 10.0. The van der Waals surface area contributed by atoms with E-state index in [1.54, 1.807) is 16.5 Å². The Labute approximate surface area is 140 Å². The molecule has 1 N–H and O–H groups in total. The van der Waals surface area contributed by atoms with Crippen LogP contribution in [0, 0.1) is 0 Å². The largest absolute Gasteiger partial charge is 0.328 e. The van der Waals surface area contributed by atoms with E-state index >= 15 is 0 Å². The number of benzene rings is 1. The van der Waals surface area contributed by atoms with Gasteiger partial charge < -0.3 is 10.2 Å². The van der Waals surface area contributed by atoms with Crippen molar-refractivity contribution < 1.29 is 9.59 Å². The Kier molecular flexibility index (Phi) is 5.50. The highest BCUT2D eigenvalue weighted by Gasteiger charge is 2.28. The number of anilines is 1. The third kappa shape index (κ3) is 5.17.